The molecule has 118 valence electrons. The fourth-order valence-corrected chi connectivity index (χ4v) is 3.76. The number of carbonyl (C=O) groups excluding carboxylic acids is 1. The molecule has 0 aliphatic heterocycles. The molecule has 2 heterocycles. The first kappa shape index (κ1) is 14.4. The Bertz CT molecular complexity index is 878. The molecule has 6 heteroatoms. The standard InChI is InChI=1S/C17H17N3O2S/c1-11-13-9-14(15(22)18-17(10-21)7-8-17)23-16(13)20(19-11)12-5-3-2-4-6-12/h2-6,9,21H,7-8,10H2,1H3,(H,18,22). The second-order valence-corrected chi connectivity index (χ2v) is 7.09. The Kier molecular flexibility index (Phi) is 3.25. The van der Waals surface area contributed by atoms with E-state index in [1.165, 1.54) is 11.3 Å². The van der Waals surface area contributed by atoms with E-state index in [0.717, 1.165) is 34.4 Å². The van der Waals surface area contributed by atoms with Crippen LogP contribution in [0, 0.1) is 6.92 Å². The largest absolute Gasteiger partial charge is 0.394 e. The smallest absolute Gasteiger partial charge is 0.261 e. The highest BCUT2D eigenvalue weighted by Gasteiger charge is 2.43. The van der Waals surface area contributed by atoms with Crippen LogP contribution in [0.5, 0.6) is 0 Å². The zero-order valence-corrected chi connectivity index (χ0v) is 13.6. The summed E-state index contributed by atoms with van der Waals surface area (Å²) in [6, 6.07) is 11.8. The van der Waals surface area contributed by atoms with Crippen molar-refractivity contribution in [3.8, 4) is 5.69 Å². The molecule has 1 aliphatic carbocycles. The number of nitrogens with one attached hydrogen (secondary N) is 1. The number of aliphatic hydroxyl groups is 1. The third-order valence-electron chi connectivity index (χ3n) is 4.30. The van der Waals surface area contributed by atoms with Gasteiger partial charge in [0.05, 0.1) is 28.4 Å². The van der Waals surface area contributed by atoms with Crippen molar-refractivity contribution in [3.05, 3.63) is 47.0 Å². The van der Waals surface area contributed by atoms with Crippen molar-refractivity contribution >= 4 is 27.5 Å². The van der Waals surface area contributed by atoms with E-state index in [0.29, 0.717) is 4.88 Å². The van der Waals surface area contributed by atoms with Gasteiger partial charge in [-0.05, 0) is 38.0 Å². The summed E-state index contributed by atoms with van der Waals surface area (Å²) >= 11 is 1.43. The number of nitrogens with zero attached hydrogens (tertiary/aromatic N) is 2. The Balaban J connectivity index is 1.72. The zero-order chi connectivity index (χ0) is 16.0. The highest BCUT2D eigenvalue weighted by Crippen LogP contribution is 2.36. The van der Waals surface area contributed by atoms with Gasteiger partial charge in [-0.25, -0.2) is 4.68 Å². The van der Waals surface area contributed by atoms with E-state index in [1.807, 2.05) is 48.0 Å². The van der Waals surface area contributed by atoms with E-state index >= 15 is 0 Å². The number of para-hydroxylation sites is 1. The molecule has 0 bridgehead atoms. The number of rotatable bonds is 4. The highest BCUT2D eigenvalue weighted by molar-refractivity contribution is 7.20. The number of hydrogen-bond donors (Lipinski definition) is 2. The molecular formula is C17H17N3O2S. The lowest BCUT2D eigenvalue weighted by Gasteiger charge is -2.12. The van der Waals surface area contributed by atoms with Gasteiger partial charge in [-0.2, -0.15) is 5.10 Å². The third kappa shape index (κ3) is 2.44. The summed E-state index contributed by atoms with van der Waals surface area (Å²) in [4.78, 5) is 14.1. The highest BCUT2D eigenvalue weighted by atomic mass is 32.1. The fourth-order valence-electron chi connectivity index (χ4n) is 2.68. The molecule has 0 spiro atoms. The van der Waals surface area contributed by atoms with Gasteiger partial charge in [-0.1, -0.05) is 18.2 Å². The molecule has 23 heavy (non-hydrogen) atoms. The molecule has 1 saturated carbocycles. The summed E-state index contributed by atoms with van der Waals surface area (Å²) in [5.74, 6) is -0.114. The van der Waals surface area contributed by atoms with Gasteiger partial charge in [0.1, 0.15) is 4.83 Å². The van der Waals surface area contributed by atoms with Crippen molar-refractivity contribution in [2.24, 2.45) is 0 Å². The van der Waals surface area contributed by atoms with Crippen LogP contribution in [0.15, 0.2) is 36.4 Å². The molecule has 2 aromatic heterocycles. The first-order valence-corrected chi connectivity index (χ1v) is 8.41. The van der Waals surface area contributed by atoms with Crippen LogP contribution >= 0.6 is 11.3 Å². The van der Waals surface area contributed by atoms with Crippen LogP contribution in [-0.2, 0) is 0 Å². The van der Waals surface area contributed by atoms with E-state index in [2.05, 4.69) is 10.4 Å². The zero-order valence-electron chi connectivity index (χ0n) is 12.7. The van der Waals surface area contributed by atoms with E-state index in [4.69, 9.17) is 0 Å². The normalized spacial score (nSPS) is 15.7. The maximum absolute atomic E-state index is 12.4. The Morgan fingerprint density at radius 3 is 2.78 bits per heavy atom. The summed E-state index contributed by atoms with van der Waals surface area (Å²) in [5, 5.41) is 17.9. The number of aromatic nitrogens is 2. The number of hydrogen-bond acceptors (Lipinski definition) is 4. The second-order valence-electron chi connectivity index (χ2n) is 6.05. The minimum atomic E-state index is -0.395. The fraction of sp³-hybridized carbons (Fsp3) is 0.294. The quantitative estimate of drug-likeness (QED) is 0.774. The number of aryl methyl sites for hydroxylation is 1. The Labute approximate surface area is 137 Å². The van der Waals surface area contributed by atoms with Crippen LogP contribution in [0.25, 0.3) is 15.9 Å². The lowest BCUT2D eigenvalue weighted by atomic mass is 10.2. The Morgan fingerprint density at radius 1 is 1.39 bits per heavy atom. The van der Waals surface area contributed by atoms with Gasteiger partial charge in [0.15, 0.2) is 0 Å². The maximum atomic E-state index is 12.4. The molecule has 1 fully saturated rings. The summed E-state index contributed by atoms with van der Waals surface area (Å²) < 4.78 is 1.88. The first-order valence-electron chi connectivity index (χ1n) is 7.60. The van der Waals surface area contributed by atoms with Crippen LogP contribution < -0.4 is 5.32 Å². The van der Waals surface area contributed by atoms with Gasteiger partial charge in [-0.3, -0.25) is 4.79 Å². The van der Waals surface area contributed by atoms with Crippen molar-refractivity contribution in [1.29, 1.82) is 0 Å². The van der Waals surface area contributed by atoms with Crippen LogP contribution in [0.2, 0.25) is 0 Å². The minimum absolute atomic E-state index is 0.000452. The predicted octanol–water partition coefficient (Wildman–Crippen LogP) is 2.65. The SMILES string of the molecule is Cc1nn(-c2ccccc2)c2sc(C(=O)NC3(CO)CC3)cc12. The molecule has 0 radical (unpaired) electrons. The lowest BCUT2D eigenvalue weighted by molar-refractivity contribution is 0.0911. The van der Waals surface area contributed by atoms with Gasteiger partial charge in [0.2, 0.25) is 0 Å². The van der Waals surface area contributed by atoms with E-state index in [1.54, 1.807) is 0 Å². The van der Waals surface area contributed by atoms with Gasteiger partial charge >= 0.3 is 0 Å². The third-order valence-corrected chi connectivity index (χ3v) is 5.41. The molecule has 0 atom stereocenters. The maximum Gasteiger partial charge on any atom is 0.261 e. The molecular weight excluding hydrogens is 310 g/mol. The molecule has 1 aliphatic rings. The van der Waals surface area contributed by atoms with Crippen molar-refractivity contribution < 1.29 is 9.90 Å². The van der Waals surface area contributed by atoms with Gasteiger partial charge in [0, 0.05) is 5.39 Å². The van der Waals surface area contributed by atoms with E-state index in [9.17, 15) is 9.90 Å². The molecule has 1 aromatic carbocycles. The summed E-state index contributed by atoms with van der Waals surface area (Å²) in [6.07, 6.45) is 1.69. The van der Waals surface area contributed by atoms with Gasteiger partial charge in [0.25, 0.3) is 5.91 Å². The molecule has 2 N–H and O–H groups in total. The molecule has 4 rings (SSSR count). The lowest BCUT2D eigenvalue weighted by Crippen LogP contribution is -2.39. The summed E-state index contributed by atoms with van der Waals surface area (Å²) in [7, 11) is 0. The van der Waals surface area contributed by atoms with Crippen LogP contribution in [0.4, 0.5) is 0 Å². The first-order chi connectivity index (χ1) is 11.1. The van der Waals surface area contributed by atoms with Gasteiger partial charge < -0.3 is 10.4 Å². The van der Waals surface area contributed by atoms with Crippen molar-refractivity contribution in [3.63, 3.8) is 0 Å². The number of thiophene rings is 1. The topological polar surface area (TPSA) is 67.2 Å². The predicted molar refractivity (Wildman–Crippen MR) is 90.2 cm³/mol. The number of carbonyl (C=O) groups is 1. The second kappa shape index (κ2) is 5.18. The number of amides is 1. The number of fused-ring (bicyclic) bond motifs is 1. The van der Waals surface area contributed by atoms with Crippen LogP contribution in [0.1, 0.15) is 28.2 Å². The van der Waals surface area contributed by atoms with Crippen molar-refractivity contribution in [2.75, 3.05) is 6.61 Å². The molecule has 3 aromatic rings. The summed E-state index contributed by atoms with van der Waals surface area (Å²) in [5.41, 5.74) is 1.49. The van der Waals surface area contributed by atoms with Crippen LogP contribution in [-0.4, -0.2) is 32.9 Å². The monoisotopic (exact) mass is 327 g/mol. The van der Waals surface area contributed by atoms with E-state index < -0.39 is 5.54 Å². The Morgan fingerprint density at radius 2 is 2.13 bits per heavy atom. The van der Waals surface area contributed by atoms with E-state index in [-0.39, 0.29) is 12.5 Å². The molecule has 5 nitrogen and oxygen atoms in total. The van der Waals surface area contributed by atoms with Crippen LogP contribution in [0.3, 0.4) is 0 Å². The van der Waals surface area contributed by atoms with Crippen molar-refractivity contribution in [2.45, 2.75) is 25.3 Å². The molecule has 1 amide bonds. The molecule has 0 unspecified atom stereocenters. The number of benzene rings is 1. The Hall–Kier alpha value is -2.18. The minimum Gasteiger partial charge on any atom is -0.394 e. The van der Waals surface area contributed by atoms with Crippen molar-refractivity contribution in [1.82, 2.24) is 15.1 Å². The molecule has 0 saturated heterocycles. The average Bonchev–Trinajstić information content (AvgIpc) is 3.08. The number of aliphatic hydroxyl groups excluding tert-OH is 1. The summed E-state index contributed by atoms with van der Waals surface area (Å²) in [6.45, 7) is 1.95. The average molecular weight is 327 g/mol. The van der Waals surface area contributed by atoms with Gasteiger partial charge in [-0.15, -0.1) is 11.3 Å².